The number of anilines is 1. The van der Waals surface area contributed by atoms with Crippen LogP contribution in [0.15, 0.2) is 71.6 Å². The summed E-state index contributed by atoms with van der Waals surface area (Å²) in [5.74, 6) is -1.46. The highest BCUT2D eigenvalue weighted by atomic mass is 32.2. The van der Waals surface area contributed by atoms with E-state index in [9.17, 15) is 23.1 Å². The van der Waals surface area contributed by atoms with Crippen LogP contribution in [0.2, 0.25) is 0 Å². The lowest BCUT2D eigenvalue weighted by molar-refractivity contribution is 0.0689. The van der Waals surface area contributed by atoms with Crippen LogP contribution in [0.3, 0.4) is 0 Å². The summed E-state index contributed by atoms with van der Waals surface area (Å²) in [6.07, 6.45) is 0.529. The van der Waals surface area contributed by atoms with Gasteiger partial charge in [-0.25, -0.2) is 17.9 Å². The van der Waals surface area contributed by atoms with Crippen molar-refractivity contribution >= 4 is 27.6 Å². The van der Waals surface area contributed by atoms with Gasteiger partial charge in [-0.2, -0.15) is 9.78 Å². The second-order valence-electron chi connectivity index (χ2n) is 9.68. The number of nitrogens with zero attached hydrogens (tertiary/aromatic N) is 2. The molecule has 0 fully saturated rings. The lowest BCUT2D eigenvalue weighted by Crippen LogP contribution is -2.32. The Kier molecular flexibility index (Phi) is 8.98. The number of aromatic nitrogens is 2. The zero-order valence-corrected chi connectivity index (χ0v) is 24.7. The average molecular weight is 593 g/mol. The summed E-state index contributed by atoms with van der Waals surface area (Å²) in [5.41, 5.74) is 1.93. The second-order valence-corrected chi connectivity index (χ2v) is 11.4. The van der Waals surface area contributed by atoms with E-state index in [4.69, 9.17) is 9.47 Å². The summed E-state index contributed by atoms with van der Waals surface area (Å²) in [6, 6.07) is 17.6. The van der Waals surface area contributed by atoms with Crippen molar-refractivity contribution in [3.63, 3.8) is 0 Å². The number of methoxy groups -OCH3 is 1. The Morgan fingerprint density at radius 3 is 2.36 bits per heavy atom. The number of benzene rings is 3. The maximum Gasteiger partial charge on any atom is 0.356 e. The predicted octanol–water partition coefficient (Wildman–Crippen LogP) is 5.32. The normalized spacial score (nSPS) is 12.0. The van der Waals surface area contributed by atoms with Crippen molar-refractivity contribution in [1.82, 2.24) is 14.5 Å². The lowest BCUT2D eigenvalue weighted by atomic mass is 10.2. The number of sulfonamides is 1. The van der Waals surface area contributed by atoms with Crippen LogP contribution < -0.4 is 19.5 Å². The van der Waals surface area contributed by atoms with Crippen molar-refractivity contribution in [2.75, 3.05) is 12.4 Å². The van der Waals surface area contributed by atoms with Gasteiger partial charge in [0, 0.05) is 17.3 Å². The molecule has 11 nitrogen and oxygen atoms in total. The Labute approximate surface area is 244 Å². The summed E-state index contributed by atoms with van der Waals surface area (Å²) in [6.45, 7) is 7.00. The average Bonchev–Trinajstić information content (AvgIpc) is 3.29. The fraction of sp³-hybridized carbons (Fsp3) is 0.233. The van der Waals surface area contributed by atoms with Gasteiger partial charge in [-0.05, 0) is 69.7 Å². The lowest BCUT2D eigenvalue weighted by Gasteiger charge is -2.18. The van der Waals surface area contributed by atoms with Crippen LogP contribution >= 0.6 is 0 Å². The van der Waals surface area contributed by atoms with E-state index in [0.717, 1.165) is 5.56 Å². The fourth-order valence-electron chi connectivity index (χ4n) is 4.09. The van der Waals surface area contributed by atoms with Crippen molar-refractivity contribution in [2.24, 2.45) is 0 Å². The first kappa shape index (κ1) is 30.3. The van der Waals surface area contributed by atoms with E-state index in [1.807, 2.05) is 26.0 Å². The Morgan fingerprint density at radius 2 is 1.71 bits per heavy atom. The largest absolute Gasteiger partial charge is 0.496 e. The molecule has 1 aromatic heterocycles. The zero-order chi connectivity index (χ0) is 30.6. The molecule has 1 atom stereocenters. The molecule has 4 rings (SSSR count). The number of hydrogen-bond acceptors (Lipinski definition) is 7. The molecule has 0 saturated heterocycles. The van der Waals surface area contributed by atoms with E-state index in [-0.39, 0.29) is 39.0 Å². The molecule has 0 bridgehead atoms. The molecule has 0 aliphatic heterocycles. The predicted molar refractivity (Wildman–Crippen MR) is 158 cm³/mol. The first-order chi connectivity index (χ1) is 19.9. The van der Waals surface area contributed by atoms with Crippen LogP contribution in [0.1, 0.15) is 52.2 Å². The Morgan fingerprint density at radius 1 is 1.02 bits per heavy atom. The van der Waals surface area contributed by atoms with Gasteiger partial charge in [0.05, 0.1) is 18.4 Å². The number of rotatable bonds is 11. The number of hydrogen-bond donors (Lipinski definition) is 3. The molecule has 1 amide bonds. The molecule has 3 aromatic carbocycles. The molecule has 0 aliphatic rings. The summed E-state index contributed by atoms with van der Waals surface area (Å²) in [7, 11) is -2.71. The van der Waals surface area contributed by atoms with E-state index < -0.39 is 27.9 Å². The van der Waals surface area contributed by atoms with Crippen LogP contribution in [0.5, 0.6) is 17.4 Å². The first-order valence-electron chi connectivity index (χ1n) is 13.1. The number of nitrogens with one attached hydrogen (secondary N) is 2. The van der Waals surface area contributed by atoms with Crippen LogP contribution in [-0.4, -0.2) is 48.3 Å². The van der Waals surface area contributed by atoms with E-state index in [0.29, 0.717) is 17.9 Å². The second kappa shape index (κ2) is 12.5. The minimum absolute atomic E-state index is 0.0297. The van der Waals surface area contributed by atoms with Gasteiger partial charge in [-0.1, -0.05) is 36.8 Å². The molecule has 1 heterocycles. The maximum atomic E-state index is 13.6. The molecule has 42 heavy (non-hydrogen) atoms. The van der Waals surface area contributed by atoms with Gasteiger partial charge < -0.3 is 19.9 Å². The summed E-state index contributed by atoms with van der Waals surface area (Å²) < 4.78 is 42.5. The molecular formula is C30H32N4O7S. The van der Waals surface area contributed by atoms with Crippen molar-refractivity contribution in [1.29, 1.82) is 0 Å². The molecule has 0 saturated carbocycles. The van der Waals surface area contributed by atoms with Gasteiger partial charge in [-0.3, -0.25) is 4.79 Å². The van der Waals surface area contributed by atoms with E-state index in [1.54, 1.807) is 43.3 Å². The highest BCUT2D eigenvalue weighted by Crippen LogP contribution is 2.36. The van der Waals surface area contributed by atoms with Crippen molar-refractivity contribution < 1.29 is 32.6 Å². The molecular weight excluding hydrogens is 560 g/mol. The van der Waals surface area contributed by atoms with Gasteiger partial charge in [0.25, 0.3) is 5.91 Å². The van der Waals surface area contributed by atoms with Gasteiger partial charge >= 0.3 is 5.97 Å². The van der Waals surface area contributed by atoms with E-state index in [1.165, 1.54) is 36.9 Å². The third-order valence-electron chi connectivity index (χ3n) is 6.57. The van der Waals surface area contributed by atoms with Gasteiger partial charge in [-0.15, -0.1) is 0 Å². The van der Waals surface area contributed by atoms with Crippen LogP contribution in [-0.2, 0) is 10.0 Å². The number of ether oxygens (including phenoxy) is 2. The van der Waals surface area contributed by atoms with Crippen molar-refractivity contribution in [3.8, 4) is 23.1 Å². The zero-order valence-electron chi connectivity index (χ0n) is 23.8. The quantitative estimate of drug-likeness (QED) is 0.212. The fourth-order valence-corrected chi connectivity index (χ4v) is 5.57. The summed E-state index contributed by atoms with van der Waals surface area (Å²) >= 11 is 0. The minimum Gasteiger partial charge on any atom is -0.496 e. The molecule has 0 aliphatic carbocycles. The Balaban J connectivity index is 1.81. The highest BCUT2D eigenvalue weighted by molar-refractivity contribution is 7.89. The number of aryl methyl sites for hydroxylation is 1. The monoisotopic (exact) mass is 592 g/mol. The van der Waals surface area contributed by atoms with Crippen molar-refractivity contribution in [3.05, 3.63) is 89.1 Å². The SMILES string of the molecule is CC[C@@H](C)NS(=O)(=O)c1cc(NC(=O)c2ccccc2OC)ccc1Oc1c(C)c(C(=O)O)nn1-c1ccc(C)cc1. The number of carboxylic acids is 1. The molecule has 220 valence electrons. The molecule has 3 N–H and O–H groups in total. The highest BCUT2D eigenvalue weighted by Gasteiger charge is 2.27. The summed E-state index contributed by atoms with van der Waals surface area (Å²) in [5, 5.41) is 16.7. The molecule has 4 aromatic rings. The minimum atomic E-state index is -4.16. The molecule has 0 radical (unpaired) electrons. The standard InChI is InChI=1S/C30H32N4O7S/c1-6-19(3)33-42(38,39)26-17-21(31-28(35)23-9-7-8-10-24(23)40-5)13-16-25(26)41-29-20(4)27(30(36)37)32-34(29)22-14-11-18(2)12-15-22/h7-17,19,33H,6H2,1-5H3,(H,31,35)(H,36,37)/t19-/m1/s1. The van der Waals surface area contributed by atoms with Gasteiger partial charge in [0.1, 0.15) is 16.4 Å². The van der Waals surface area contributed by atoms with Crippen LogP contribution in [0.25, 0.3) is 5.69 Å². The Bertz CT molecular complexity index is 1730. The summed E-state index contributed by atoms with van der Waals surface area (Å²) in [4.78, 5) is 24.7. The molecule has 0 unspecified atom stereocenters. The number of carbonyl (C=O) groups is 2. The number of amides is 1. The topological polar surface area (TPSA) is 149 Å². The van der Waals surface area contributed by atoms with Gasteiger partial charge in [0.15, 0.2) is 5.69 Å². The molecule has 0 spiro atoms. The number of aromatic carboxylic acids is 1. The van der Waals surface area contributed by atoms with Gasteiger partial charge in [0.2, 0.25) is 15.9 Å². The molecule has 12 heteroatoms. The van der Waals surface area contributed by atoms with Crippen LogP contribution in [0.4, 0.5) is 5.69 Å². The third kappa shape index (κ3) is 6.45. The first-order valence-corrected chi connectivity index (χ1v) is 14.6. The van der Waals surface area contributed by atoms with E-state index >= 15 is 0 Å². The number of para-hydroxylation sites is 1. The van der Waals surface area contributed by atoms with E-state index in [2.05, 4.69) is 15.1 Å². The van der Waals surface area contributed by atoms with Crippen molar-refractivity contribution in [2.45, 2.75) is 45.1 Å². The van der Waals surface area contributed by atoms with Crippen LogP contribution in [0, 0.1) is 13.8 Å². The number of carboxylic acid groups (broad SMARTS) is 1. The number of carbonyl (C=O) groups excluding carboxylic acids is 1. The third-order valence-corrected chi connectivity index (χ3v) is 8.18. The maximum absolute atomic E-state index is 13.6. The Hall–Kier alpha value is -4.68. The smallest absolute Gasteiger partial charge is 0.356 e.